The minimum Gasteiger partial charge on any atom is -0.326 e. The lowest BCUT2D eigenvalue weighted by Crippen LogP contribution is -2.13. The van der Waals surface area contributed by atoms with Gasteiger partial charge in [0.25, 0.3) is 10.0 Å². The van der Waals surface area contributed by atoms with E-state index in [0.717, 1.165) is 18.4 Å². The van der Waals surface area contributed by atoms with E-state index in [9.17, 15) is 13.2 Å². The number of sulfonamides is 1. The number of hydrogen-bond acceptors (Lipinski definition) is 3. The largest absolute Gasteiger partial charge is 0.326 e. The molecule has 0 fully saturated rings. The fourth-order valence-electron chi connectivity index (χ4n) is 2.11. The zero-order valence-corrected chi connectivity index (χ0v) is 14.7. The first-order chi connectivity index (χ1) is 11.4. The van der Waals surface area contributed by atoms with Crippen molar-refractivity contribution in [2.24, 2.45) is 0 Å². The molecule has 0 saturated carbocycles. The van der Waals surface area contributed by atoms with E-state index in [-0.39, 0.29) is 10.8 Å². The van der Waals surface area contributed by atoms with Gasteiger partial charge in [0.2, 0.25) is 5.91 Å². The molecule has 2 rings (SSSR count). The third-order valence-corrected chi connectivity index (χ3v) is 4.91. The molecule has 2 aromatic rings. The van der Waals surface area contributed by atoms with Crippen LogP contribution in [0.4, 0.5) is 11.4 Å². The molecule has 0 radical (unpaired) electrons. The third kappa shape index (κ3) is 5.09. The Morgan fingerprint density at radius 1 is 0.958 bits per heavy atom. The summed E-state index contributed by atoms with van der Waals surface area (Å²) in [6.45, 7) is 3.93. The molecular weight excluding hydrogens is 324 g/mol. The van der Waals surface area contributed by atoms with Gasteiger partial charge in [-0.2, -0.15) is 0 Å². The molecule has 1 amide bonds. The topological polar surface area (TPSA) is 75.3 Å². The van der Waals surface area contributed by atoms with Crippen molar-refractivity contribution < 1.29 is 13.2 Å². The van der Waals surface area contributed by atoms with Crippen LogP contribution in [0.3, 0.4) is 0 Å². The lowest BCUT2D eigenvalue weighted by atomic mass is 10.2. The molecular formula is C18H22N2O3S. The van der Waals surface area contributed by atoms with E-state index in [4.69, 9.17) is 0 Å². The van der Waals surface area contributed by atoms with Gasteiger partial charge in [-0.25, -0.2) is 8.42 Å². The molecule has 0 aromatic heterocycles. The smallest absolute Gasteiger partial charge is 0.261 e. The summed E-state index contributed by atoms with van der Waals surface area (Å²) < 4.78 is 27.2. The van der Waals surface area contributed by atoms with E-state index < -0.39 is 10.0 Å². The molecule has 128 valence electrons. The van der Waals surface area contributed by atoms with Gasteiger partial charge in [0.1, 0.15) is 0 Å². The number of rotatable bonds is 7. The van der Waals surface area contributed by atoms with E-state index in [1.54, 1.807) is 48.5 Å². The van der Waals surface area contributed by atoms with Gasteiger partial charge in [0.05, 0.1) is 4.90 Å². The molecule has 0 heterocycles. The number of carbonyl (C=O) groups is 1. The highest BCUT2D eigenvalue weighted by Crippen LogP contribution is 2.19. The maximum absolute atomic E-state index is 12.3. The summed E-state index contributed by atoms with van der Waals surface area (Å²) in [7, 11) is -3.62. The fraction of sp³-hybridized carbons (Fsp3) is 0.278. The van der Waals surface area contributed by atoms with Gasteiger partial charge in [0.15, 0.2) is 0 Å². The van der Waals surface area contributed by atoms with Crippen molar-refractivity contribution in [2.45, 2.75) is 38.0 Å². The van der Waals surface area contributed by atoms with E-state index in [1.165, 1.54) is 0 Å². The van der Waals surface area contributed by atoms with Crippen LogP contribution in [0.5, 0.6) is 0 Å². The quantitative estimate of drug-likeness (QED) is 0.798. The van der Waals surface area contributed by atoms with Crippen molar-refractivity contribution in [3.63, 3.8) is 0 Å². The lowest BCUT2D eigenvalue weighted by molar-refractivity contribution is -0.116. The lowest BCUT2D eigenvalue weighted by Gasteiger charge is -2.10. The minimum absolute atomic E-state index is 0.0372. The van der Waals surface area contributed by atoms with Crippen LogP contribution >= 0.6 is 0 Å². The van der Waals surface area contributed by atoms with Gasteiger partial charge in [-0.15, -0.1) is 0 Å². The van der Waals surface area contributed by atoms with E-state index in [2.05, 4.69) is 10.0 Å². The molecule has 0 unspecified atom stereocenters. The van der Waals surface area contributed by atoms with Crippen molar-refractivity contribution in [3.8, 4) is 0 Å². The van der Waals surface area contributed by atoms with Crippen molar-refractivity contribution in [1.82, 2.24) is 0 Å². The van der Waals surface area contributed by atoms with Crippen LogP contribution in [0.1, 0.15) is 31.7 Å². The first-order valence-corrected chi connectivity index (χ1v) is 9.38. The van der Waals surface area contributed by atoms with Gasteiger partial charge < -0.3 is 5.32 Å². The van der Waals surface area contributed by atoms with Crippen LogP contribution in [0.25, 0.3) is 0 Å². The van der Waals surface area contributed by atoms with E-state index >= 15 is 0 Å². The molecule has 6 heteroatoms. The highest BCUT2D eigenvalue weighted by Gasteiger charge is 2.13. The Balaban J connectivity index is 2.03. The predicted molar refractivity (Wildman–Crippen MR) is 96.6 cm³/mol. The average molecular weight is 346 g/mol. The van der Waals surface area contributed by atoms with Gasteiger partial charge in [-0.05, 0) is 49.7 Å². The van der Waals surface area contributed by atoms with Crippen molar-refractivity contribution in [2.75, 3.05) is 10.0 Å². The van der Waals surface area contributed by atoms with Crippen LogP contribution in [0.15, 0.2) is 53.4 Å². The summed E-state index contributed by atoms with van der Waals surface area (Å²) in [6.07, 6.45) is 2.30. The highest BCUT2D eigenvalue weighted by atomic mass is 32.2. The van der Waals surface area contributed by atoms with Crippen LogP contribution in [-0.4, -0.2) is 14.3 Å². The van der Waals surface area contributed by atoms with Gasteiger partial charge in [-0.1, -0.05) is 31.0 Å². The monoisotopic (exact) mass is 346 g/mol. The molecule has 0 aliphatic rings. The van der Waals surface area contributed by atoms with Gasteiger partial charge in [-0.3, -0.25) is 9.52 Å². The summed E-state index contributed by atoms with van der Waals surface area (Å²) in [5.41, 5.74) is 2.09. The number of amides is 1. The summed E-state index contributed by atoms with van der Waals surface area (Å²) in [5.74, 6) is -0.0372. The second-order valence-corrected chi connectivity index (χ2v) is 7.33. The Bertz CT molecular complexity index is 782. The number of carbonyl (C=O) groups excluding carboxylic acids is 1. The third-order valence-electron chi connectivity index (χ3n) is 3.51. The minimum atomic E-state index is -3.62. The molecule has 0 atom stereocenters. The molecule has 0 aliphatic heterocycles. The Hall–Kier alpha value is -2.34. The Labute approximate surface area is 143 Å². The summed E-state index contributed by atoms with van der Waals surface area (Å²) in [5, 5.41) is 2.79. The normalized spacial score (nSPS) is 11.1. The van der Waals surface area contributed by atoms with Crippen LogP contribution < -0.4 is 10.0 Å². The molecule has 0 spiro atoms. The molecule has 24 heavy (non-hydrogen) atoms. The van der Waals surface area contributed by atoms with E-state index in [1.807, 2.05) is 13.8 Å². The van der Waals surface area contributed by atoms with Crippen molar-refractivity contribution >= 4 is 27.3 Å². The SMILES string of the molecule is CCCCC(=O)Nc1ccc(NS(=O)(=O)c2ccc(C)cc2)cc1. The molecule has 2 aromatic carbocycles. The Kier molecular flexibility index (Phi) is 5.98. The zero-order chi connectivity index (χ0) is 17.6. The summed E-state index contributed by atoms with van der Waals surface area (Å²) in [6, 6.07) is 13.3. The number of anilines is 2. The maximum Gasteiger partial charge on any atom is 0.261 e. The Morgan fingerprint density at radius 3 is 2.12 bits per heavy atom. The second-order valence-electron chi connectivity index (χ2n) is 5.65. The molecule has 0 bridgehead atoms. The van der Waals surface area contributed by atoms with Crippen LogP contribution in [0.2, 0.25) is 0 Å². The first-order valence-electron chi connectivity index (χ1n) is 7.90. The van der Waals surface area contributed by atoms with Crippen molar-refractivity contribution in [1.29, 1.82) is 0 Å². The summed E-state index contributed by atoms with van der Waals surface area (Å²) >= 11 is 0. The standard InChI is InChI=1S/C18H22N2O3S/c1-3-4-5-18(21)19-15-8-10-16(11-9-15)20-24(22,23)17-12-6-14(2)7-13-17/h6-13,20H,3-5H2,1-2H3,(H,19,21). The number of benzene rings is 2. The fourth-order valence-corrected chi connectivity index (χ4v) is 3.17. The second kappa shape index (κ2) is 7.97. The highest BCUT2D eigenvalue weighted by molar-refractivity contribution is 7.92. The Morgan fingerprint density at radius 2 is 1.54 bits per heavy atom. The number of hydrogen-bond donors (Lipinski definition) is 2. The maximum atomic E-state index is 12.3. The van der Waals surface area contributed by atoms with Crippen LogP contribution in [0, 0.1) is 6.92 Å². The zero-order valence-electron chi connectivity index (χ0n) is 13.9. The number of nitrogens with one attached hydrogen (secondary N) is 2. The van der Waals surface area contributed by atoms with Crippen LogP contribution in [-0.2, 0) is 14.8 Å². The molecule has 5 nitrogen and oxygen atoms in total. The number of unbranched alkanes of at least 4 members (excludes halogenated alkanes) is 1. The molecule has 2 N–H and O–H groups in total. The number of aryl methyl sites for hydroxylation is 1. The van der Waals surface area contributed by atoms with Gasteiger partial charge >= 0.3 is 0 Å². The van der Waals surface area contributed by atoms with E-state index in [0.29, 0.717) is 17.8 Å². The summed E-state index contributed by atoms with van der Waals surface area (Å²) in [4.78, 5) is 11.9. The van der Waals surface area contributed by atoms with Gasteiger partial charge in [0, 0.05) is 17.8 Å². The molecule has 0 saturated heterocycles. The average Bonchev–Trinajstić information content (AvgIpc) is 2.55. The molecule has 0 aliphatic carbocycles. The first kappa shape index (κ1) is 18.0. The van der Waals surface area contributed by atoms with Crippen molar-refractivity contribution in [3.05, 3.63) is 54.1 Å². The predicted octanol–water partition coefficient (Wildman–Crippen LogP) is 3.92.